The predicted molar refractivity (Wildman–Crippen MR) is 117 cm³/mol. The minimum atomic E-state index is 0.0281. The molecule has 1 fully saturated rings. The summed E-state index contributed by atoms with van der Waals surface area (Å²) in [5.41, 5.74) is 3.17. The molecule has 1 heterocycles. The first-order chi connectivity index (χ1) is 14.2. The van der Waals surface area contributed by atoms with E-state index >= 15 is 0 Å². The van der Waals surface area contributed by atoms with Crippen LogP contribution in [0.1, 0.15) is 12.0 Å². The number of amides is 1. The van der Waals surface area contributed by atoms with Gasteiger partial charge in [-0.15, -0.1) is 0 Å². The van der Waals surface area contributed by atoms with Crippen LogP contribution >= 0.6 is 0 Å². The van der Waals surface area contributed by atoms with Crippen molar-refractivity contribution in [1.82, 2.24) is 4.90 Å². The maximum atomic E-state index is 12.3. The second kappa shape index (κ2) is 10.8. The third-order valence-electron chi connectivity index (χ3n) is 5.30. The number of aryl methyl sites for hydroxylation is 1. The number of carbonyl (C=O) groups is 1. The molecule has 6 nitrogen and oxygen atoms in total. The van der Waals surface area contributed by atoms with Crippen molar-refractivity contribution in [3.05, 3.63) is 54.1 Å². The molecule has 0 unspecified atom stereocenters. The van der Waals surface area contributed by atoms with Crippen LogP contribution in [0.5, 0.6) is 5.75 Å². The van der Waals surface area contributed by atoms with Crippen LogP contribution in [0.15, 0.2) is 48.5 Å². The Morgan fingerprint density at radius 3 is 2.28 bits per heavy atom. The van der Waals surface area contributed by atoms with Crippen LogP contribution in [-0.4, -0.2) is 64.4 Å². The number of rotatable bonds is 9. The summed E-state index contributed by atoms with van der Waals surface area (Å²) in [7, 11) is 3.40. The Bertz CT molecular complexity index is 754. The third kappa shape index (κ3) is 6.48. The highest BCUT2D eigenvalue weighted by atomic mass is 16.5. The number of nitrogens with one attached hydrogen (secondary N) is 1. The average Bonchev–Trinajstić information content (AvgIpc) is 2.77. The summed E-state index contributed by atoms with van der Waals surface area (Å²) in [4.78, 5) is 17.1. The molecule has 0 aliphatic carbocycles. The first kappa shape index (κ1) is 21.1. The van der Waals surface area contributed by atoms with Crippen LogP contribution < -0.4 is 15.0 Å². The Labute approximate surface area is 173 Å². The zero-order valence-electron chi connectivity index (χ0n) is 17.4. The van der Waals surface area contributed by atoms with Gasteiger partial charge in [-0.2, -0.15) is 0 Å². The molecule has 0 atom stereocenters. The number of piperazine rings is 1. The molecule has 0 radical (unpaired) electrons. The van der Waals surface area contributed by atoms with Crippen molar-refractivity contribution in [2.24, 2.45) is 0 Å². The molecule has 1 aliphatic rings. The number of benzene rings is 2. The number of anilines is 2. The Balaban J connectivity index is 1.43. The molecule has 0 spiro atoms. The fourth-order valence-electron chi connectivity index (χ4n) is 3.48. The Morgan fingerprint density at radius 2 is 1.66 bits per heavy atom. The van der Waals surface area contributed by atoms with Crippen LogP contribution in [-0.2, 0) is 16.0 Å². The monoisotopic (exact) mass is 397 g/mol. The van der Waals surface area contributed by atoms with E-state index in [0.29, 0.717) is 12.8 Å². The van der Waals surface area contributed by atoms with Gasteiger partial charge in [0.1, 0.15) is 5.75 Å². The van der Waals surface area contributed by atoms with Crippen molar-refractivity contribution in [1.29, 1.82) is 0 Å². The van der Waals surface area contributed by atoms with Gasteiger partial charge in [-0.1, -0.05) is 12.1 Å². The van der Waals surface area contributed by atoms with Gasteiger partial charge < -0.3 is 19.7 Å². The van der Waals surface area contributed by atoms with Crippen molar-refractivity contribution >= 4 is 17.3 Å². The lowest BCUT2D eigenvalue weighted by atomic mass is 10.1. The molecule has 2 aromatic rings. The van der Waals surface area contributed by atoms with Gasteiger partial charge in [-0.05, 0) is 48.4 Å². The first-order valence-electron chi connectivity index (χ1n) is 10.2. The van der Waals surface area contributed by atoms with Gasteiger partial charge in [-0.3, -0.25) is 9.69 Å². The van der Waals surface area contributed by atoms with E-state index in [-0.39, 0.29) is 5.91 Å². The zero-order valence-corrected chi connectivity index (χ0v) is 17.4. The number of methoxy groups -OCH3 is 2. The quantitative estimate of drug-likeness (QED) is 0.705. The molecular weight excluding hydrogens is 366 g/mol. The number of ether oxygens (including phenoxy) is 2. The number of hydrogen-bond donors (Lipinski definition) is 1. The minimum absolute atomic E-state index is 0.0281. The Hall–Kier alpha value is -2.57. The molecule has 29 heavy (non-hydrogen) atoms. The summed E-state index contributed by atoms with van der Waals surface area (Å²) in [5.74, 6) is 0.856. The summed E-state index contributed by atoms with van der Waals surface area (Å²) in [6.45, 7) is 5.90. The standard InChI is InChI=1S/C23H31N3O3/c1-28-18-17-25-13-15-26(16-14-25)21-8-6-20(7-9-21)24-23(27)12-5-19-3-10-22(29-2)11-4-19/h3-4,6-11H,5,12-18H2,1-2H3,(H,24,27). The van der Waals surface area contributed by atoms with Crippen LogP contribution in [0.3, 0.4) is 0 Å². The highest BCUT2D eigenvalue weighted by Crippen LogP contribution is 2.20. The maximum Gasteiger partial charge on any atom is 0.224 e. The summed E-state index contributed by atoms with van der Waals surface area (Å²) in [5, 5.41) is 2.99. The smallest absolute Gasteiger partial charge is 0.224 e. The third-order valence-corrected chi connectivity index (χ3v) is 5.30. The number of nitrogens with zero attached hydrogens (tertiary/aromatic N) is 2. The molecule has 6 heteroatoms. The molecule has 1 amide bonds. The van der Waals surface area contributed by atoms with E-state index in [1.165, 1.54) is 5.69 Å². The van der Waals surface area contributed by atoms with Gasteiger partial charge in [0.05, 0.1) is 13.7 Å². The molecule has 2 aromatic carbocycles. The molecule has 3 rings (SSSR count). The van der Waals surface area contributed by atoms with Gasteiger partial charge in [0.15, 0.2) is 0 Å². The lowest BCUT2D eigenvalue weighted by molar-refractivity contribution is -0.116. The van der Waals surface area contributed by atoms with E-state index < -0.39 is 0 Å². The van der Waals surface area contributed by atoms with Crippen LogP contribution in [0.2, 0.25) is 0 Å². The van der Waals surface area contributed by atoms with E-state index in [2.05, 4.69) is 27.2 Å². The molecule has 0 saturated carbocycles. The fourth-order valence-corrected chi connectivity index (χ4v) is 3.48. The van der Waals surface area contributed by atoms with Crippen molar-refractivity contribution in [2.75, 3.05) is 63.8 Å². The van der Waals surface area contributed by atoms with Gasteiger partial charge in [-0.25, -0.2) is 0 Å². The van der Waals surface area contributed by atoms with Gasteiger partial charge in [0, 0.05) is 57.6 Å². The maximum absolute atomic E-state index is 12.3. The SMILES string of the molecule is COCCN1CCN(c2ccc(NC(=O)CCc3ccc(OC)cc3)cc2)CC1. The van der Waals surface area contributed by atoms with E-state index in [0.717, 1.165) is 56.3 Å². The molecule has 1 saturated heterocycles. The Morgan fingerprint density at radius 1 is 0.966 bits per heavy atom. The van der Waals surface area contributed by atoms with E-state index in [1.54, 1.807) is 14.2 Å². The van der Waals surface area contributed by atoms with Crippen LogP contribution in [0, 0.1) is 0 Å². The predicted octanol–water partition coefficient (Wildman–Crippen LogP) is 3.03. The first-order valence-corrected chi connectivity index (χ1v) is 10.2. The van der Waals surface area contributed by atoms with E-state index in [1.807, 2.05) is 36.4 Å². The summed E-state index contributed by atoms with van der Waals surface area (Å²) in [6.07, 6.45) is 1.17. The van der Waals surface area contributed by atoms with Gasteiger partial charge >= 0.3 is 0 Å². The molecule has 0 aromatic heterocycles. The summed E-state index contributed by atoms with van der Waals surface area (Å²) >= 11 is 0. The normalized spacial score (nSPS) is 14.6. The Kier molecular flexibility index (Phi) is 7.90. The molecular formula is C23H31N3O3. The molecule has 1 N–H and O–H groups in total. The average molecular weight is 398 g/mol. The van der Waals surface area contributed by atoms with E-state index in [4.69, 9.17) is 9.47 Å². The number of hydrogen-bond acceptors (Lipinski definition) is 5. The second-order valence-electron chi connectivity index (χ2n) is 7.26. The lowest BCUT2D eigenvalue weighted by Gasteiger charge is -2.36. The topological polar surface area (TPSA) is 54.0 Å². The van der Waals surface area contributed by atoms with Crippen molar-refractivity contribution in [2.45, 2.75) is 12.8 Å². The van der Waals surface area contributed by atoms with Gasteiger partial charge in [0.2, 0.25) is 5.91 Å². The molecule has 1 aliphatic heterocycles. The summed E-state index contributed by atoms with van der Waals surface area (Å²) in [6, 6.07) is 16.0. The molecule has 156 valence electrons. The number of carbonyl (C=O) groups excluding carboxylic acids is 1. The fraction of sp³-hybridized carbons (Fsp3) is 0.435. The zero-order chi connectivity index (χ0) is 20.5. The largest absolute Gasteiger partial charge is 0.497 e. The van der Waals surface area contributed by atoms with Crippen LogP contribution in [0.25, 0.3) is 0 Å². The van der Waals surface area contributed by atoms with E-state index in [9.17, 15) is 4.79 Å². The van der Waals surface area contributed by atoms with Gasteiger partial charge in [0.25, 0.3) is 0 Å². The molecule has 0 bridgehead atoms. The lowest BCUT2D eigenvalue weighted by Crippen LogP contribution is -2.47. The highest BCUT2D eigenvalue weighted by Gasteiger charge is 2.16. The minimum Gasteiger partial charge on any atom is -0.497 e. The van der Waals surface area contributed by atoms with Crippen molar-refractivity contribution in [3.8, 4) is 5.75 Å². The second-order valence-corrected chi connectivity index (χ2v) is 7.26. The van der Waals surface area contributed by atoms with Crippen molar-refractivity contribution < 1.29 is 14.3 Å². The van der Waals surface area contributed by atoms with Crippen molar-refractivity contribution in [3.63, 3.8) is 0 Å². The summed E-state index contributed by atoms with van der Waals surface area (Å²) < 4.78 is 10.3. The highest BCUT2D eigenvalue weighted by molar-refractivity contribution is 5.91. The van der Waals surface area contributed by atoms with Crippen LogP contribution in [0.4, 0.5) is 11.4 Å².